The number of amides is 1. The smallest absolute Gasteiger partial charge is 0.332 e. The summed E-state index contributed by atoms with van der Waals surface area (Å²) in [6.07, 6.45) is 3.25. The molecule has 1 amide bonds. The van der Waals surface area contributed by atoms with E-state index in [-0.39, 0.29) is 42.0 Å². The Labute approximate surface area is 166 Å². The predicted octanol–water partition coefficient (Wildman–Crippen LogP) is -1.11. The fourth-order valence-corrected chi connectivity index (χ4v) is 2.64. The molecule has 29 heavy (non-hydrogen) atoms. The number of pyridine rings is 1. The third kappa shape index (κ3) is 4.19. The maximum atomic E-state index is 12.6. The first-order valence-corrected chi connectivity index (χ1v) is 8.95. The van der Waals surface area contributed by atoms with Gasteiger partial charge in [-0.2, -0.15) is 0 Å². The van der Waals surface area contributed by atoms with Crippen LogP contribution in [0.4, 0.5) is 0 Å². The van der Waals surface area contributed by atoms with Crippen molar-refractivity contribution in [1.29, 1.82) is 0 Å². The summed E-state index contributed by atoms with van der Waals surface area (Å²) in [6.45, 7) is 1.95. The van der Waals surface area contributed by atoms with E-state index in [2.05, 4.69) is 25.5 Å². The fraction of sp³-hybridized carbons (Fsp3) is 0.389. The molecule has 0 aliphatic carbocycles. The lowest BCUT2D eigenvalue weighted by atomic mass is 10.3. The van der Waals surface area contributed by atoms with Gasteiger partial charge in [0.2, 0.25) is 5.91 Å². The van der Waals surface area contributed by atoms with Gasteiger partial charge in [-0.05, 0) is 32.6 Å². The first kappa shape index (κ1) is 20.3. The van der Waals surface area contributed by atoms with Crippen LogP contribution in [0.2, 0.25) is 0 Å². The summed E-state index contributed by atoms with van der Waals surface area (Å²) in [6, 6.07) is 3.23. The molecule has 11 nitrogen and oxygen atoms in total. The summed E-state index contributed by atoms with van der Waals surface area (Å²) >= 11 is 0. The van der Waals surface area contributed by atoms with Crippen molar-refractivity contribution in [2.75, 3.05) is 14.1 Å². The van der Waals surface area contributed by atoms with Gasteiger partial charge in [0, 0.05) is 19.4 Å². The van der Waals surface area contributed by atoms with E-state index in [1.54, 1.807) is 44.4 Å². The van der Waals surface area contributed by atoms with Gasteiger partial charge >= 0.3 is 5.69 Å². The zero-order chi connectivity index (χ0) is 21.1. The highest BCUT2D eigenvalue weighted by Gasteiger charge is 2.17. The largest absolute Gasteiger partial charge is 0.347 e. The zero-order valence-electron chi connectivity index (χ0n) is 16.7. The van der Waals surface area contributed by atoms with Crippen molar-refractivity contribution in [2.45, 2.75) is 26.1 Å². The fourth-order valence-electron chi connectivity index (χ4n) is 2.64. The molecule has 0 saturated carbocycles. The molecule has 0 fully saturated rings. The third-order valence-electron chi connectivity index (χ3n) is 4.63. The van der Waals surface area contributed by atoms with Crippen LogP contribution in [-0.4, -0.2) is 60.2 Å². The SMILES string of the molecule is CC(C(=O)NCc1nnc2c(n1)c(=O)n(C)c(=O)n2Cc1cccnc1)N(C)C. The monoisotopic (exact) mass is 398 g/mol. The summed E-state index contributed by atoms with van der Waals surface area (Å²) in [7, 11) is 4.97. The van der Waals surface area contributed by atoms with Crippen LogP contribution in [0.5, 0.6) is 0 Å². The van der Waals surface area contributed by atoms with Crippen LogP contribution in [0.25, 0.3) is 11.2 Å². The van der Waals surface area contributed by atoms with Crippen LogP contribution in [-0.2, 0) is 24.9 Å². The maximum absolute atomic E-state index is 12.6. The molecule has 0 aliphatic heterocycles. The van der Waals surface area contributed by atoms with Crippen molar-refractivity contribution >= 4 is 17.1 Å². The van der Waals surface area contributed by atoms with E-state index < -0.39 is 11.2 Å². The molecule has 3 heterocycles. The summed E-state index contributed by atoms with van der Waals surface area (Å²) in [5.74, 6) is -0.0198. The average molecular weight is 398 g/mol. The molecule has 3 aromatic heterocycles. The normalized spacial score (nSPS) is 12.3. The number of rotatable bonds is 6. The summed E-state index contributed by atoms with van der Waals surface area (Å²) in [4.78, 5) is 47.3. The van der Waals surface area contributed by atoms with Gasteiger partial charge in [0.1, 0.15) is 0 Å². The number of nitrogens with zero attached hydrogens (tertiary/aromatic N) is 7. The number of fused-ring (bicyclic) bond motifs is 1. The molecule has 1 N–H and O–H groups in total. The highest BCUT2D eigenvalue weighted by molar-refractivity contribution is 5.81. The molecule has 0 radical (unpaired) electrons. The summed E-state index contributed by atoms with van der Waals surface area (Å²) in [5, 5.41) is 10.8. The predicted molar refractivity (Wildman–Crippen MR) is 105 cm³/mol. The number of nitrogens with one attached hydrogen (secondary N) is 1. The van der Waals surface area contributed by atoms with Crippen LogP contribution in [0.15, 0.2) is 34.1 Å². The van der Waals surface area contributed by atoms with Crippen molar-refractivity contribution in [3.8, 4) is 0 Å². The number of carbonyl (C=O) groups is 1. The van der Waals surface area contributed by atoms with Crippen LogP contribution < -0.4 is 16.6 Å². The van der Waals surface area contributed by atoms with Gasteiger partial charge in [-0.15, -0.1) is 10.2 Å². The Hall–Kier alpha value is -3.47. The van der Waals surface area contributed by atoms with Crippen molar-refractivity contribution < 1.29 is 4.79 Å². The van der Waals surface area contributed by atoms with Crippen LogP contribution in [0.3, 0.4) is 0 Å². The van der Waals surface area contributed by atoms with Crippen LogP contribution >= 0.6 is 0 Å². The number of carbonyl (C=O) groups excluding carboxylic acids is 1. The third-order valence-corrected chi connectivity index (χ3v) is 4.63. The Balaban J connectivity index is 1.97. The van der Waals surface area contributed by atoms with Crippen molar-refractivity contribution in [3.05, 3.63) is 56.8 Å². The molecular formula is C18H22N8O3. The Morgan fingerprint density at radius 2 is 2.03 bits per heavy atom. The molecule has 3 aromatic rings. The van der Waals surface area contributed by atoms with Crippen molar-refractivity contribution in [2.24, 2.45) is 7.05 Å². The van der Waals surface area contributed by atoms with Gasteiger partial charge in [-0.3, -0.25) is 28.6 Å². The van der Waals surface area contributed by atoms with E-state index in [1.807, 2.05) is 6.07 Å². The summed E-state index contributed by atoms with van der Waals surface area (Å²) in [5.41, 5.74) is -0.236. The Morgan fingerprint density at radius 3 is 2.69 bits per heavy atom. The molecule has 0 saturated heterocycles. The number of hydrogen-bond acceptors (Lipinski definition) is 8. The minimum atomic E-state index is -0.573. The first-order valence-electron chi connectivity index (χ1n) is 8.95. The first-order chi connectivity index (χ1) is 13.8. The van der Waals surface area contributed by atoms with Gasteiger partial charge in [0.25, 0.3) is 5.56 Å². The second-order valence-corrected chi connectivity index (χ2v) is 6.85. The minimum absolute atomic E-state index is 0.0101. The van der Waals surface area contributed by atoms with Crippen LogP contribution in [0, 0.1) is 0 Å². The minimum Gasteiger partial charge on any atom is -0.347 e. The van der Waals surface area contributed by atoms with Gasteiger partial charge in [-0.25, -0.2) is 9.78 Å². The van der Waals surface area contributed by atoms with E-state index in [0.29, 0.717) is 0 Å². The number of likely N-dealkylation sites (N-methyl/N-ethyl adjacent to an activating group) is 1. The molecule has 0 spiro atoms. The number of aromatic nitrogens is 6. The standard InChI is InChI=1S/C18H22N8O3/c1-11(24(2)3)16(27)20-9-13-21-14-15(23-22-13)26(18(29)25(4)17(14)28)10-12-6-5-7-19-8-12/h5-8,11H,9-10H2,1-4H3,(H,20,27). The molecule has 0 bridgehead atoms. The molecule has 152 valence electrons. The second kappa shape index (κ2) is 8.27. The Bertz CT molecular complexity index is 1150. The molecule has 11 heteroatoms. The molecule has 1 unspecified atom stereocenters. The zero-order valence-corrected chi connectivity index (χ0v) is 16.7. The van der Waals surface area contributed by atoms with E-state index in [4.69, 9.17) is 0 Å². The maximum Gasteiger partial charge on any atom is 0.332 e. The topological polar surface area (TPSA) is 128 Å². The lowest BCUT2D eigenvalue weighted by Crippen LogP contribution is -2.41. The van der Waals surface area contributed by atoms with Crippen molar-refractivity contribution in [3.63, 3.8) is 0 Å². The molecule has 0 aromatic carbocycles. The van der Waals surface area contributed by atoms with Crippen LogP contribution in [0.1, 0.15) is 18.3 Å². The number of hydrogen-bond donors (Lipinski definition) is 1. The molecule has 1 atom stereocenters. The molecular weight excluding hydrogens is 376 g/mol. The van der Waals surface area contributed by atoms with Gasteiger partial charge in [-0.1, -0.05) is 6.07 Å². The Morgan fingerprint density at radius 1 is 1.28 bits per heavy atom. The van der Waals surface area contributed by atoms with E-state index >= 15 is 0 Å². The van der Waals surface area contributed by atoms with Gasteiger partial charge in [0.15, 0.2) is 17.0 Å². The quantitative estimate of drug-likeness (QED) is 0.554. The van der Waals surface area contributed by atoms with E-state index in [0.717, 1.165) is 10.1 Å². The van der Waals surface area contributed by atoms with Gasteiger partial charge in [0.05, 0.1) is 19.1 Å². The van der Waals surface area contributed by atoms with E-state index in [9.17, 15) is 14.4 Å². The highest BCUT2D eigenvalue weighted by Crippen LogP contribution is 2.05. The lowest BCUT2D eigenvalue weighted by Gasteiger charge is -2.18. The molecule has 3 rings (SSSR count). The second-order valence-electron chi connectivity index (χ2n) is 6.85. The average Bonchev–Trinajstić information content (AvgIpc) is 2.73. The van der Waals surface area contributed by atoms with E-state index in [1.165, 1.54) is 11.6 Å². The summed E-state index contributed by atoms with van der Waals surface area (Å²) < 4.78 is 2.30. The van der Waals surface area contributed by atoms with Gasteiger partial charge < -0.3 is 5.32 Å². The lowest BCUT2D eigenvalue weighted by molar-refractivity contribution is -0.125. The Kier molecular flexibility index (Phi) is 5.78. The van der Waals surface area contributed by atoms with Crippen molar-refractivity contribution in [1.82, 2.24) is 39.5 Å². The molecule has 0 aliphatic rings. The highest BCUT2D eigenvalue weighted by atomic mass is 16.2.